The molecule has 2 atom stereocenters. The molecule has 0 aliphatic rings. The Balaban J connectivity index is 2.78. The highest BCUT2D eigenvalue weighted by molar-refractivity contribution is 7.99. The van der Waals surface area contributed by atoms with Gasteiger partial charge in [0.25, 0.3) is 0 Å². The summed E-state index contributed by atoms with van der Waals surface area (Å²) in [6.07, 6.45) is 4.51. The van der Waals surface area contributed by atoms with Crippen molar-refractivity contribution in [3.8, 4) is 0 Å². The van der Waals surface area contributed by atoms with E-state index in [1.165, 1.54) is 29.5 Å². The Hall–Kier alpha value is -0.340. The average Bonchev–Trinajstić information content (AvgIpc) is 2.49. The van der Waals surface area contributed by atoms with Crippen molar-refractivity contribution in [2.24, 2.45) is 0 Å². The van der Waals surface area contributed by atoms with Crippen molar-refractivity contribution >= 4 is 29.6 Å². The van der Waals surface area contributed by atoms with Gasteiger partial charge in [0, 0.05) is 22.0 Å². The molecule has 20 heavy (non-hydrogen) atoms. The minimum atomic E-state index is 0.728. The first kappa shape index (κ1) is 17.7. The fourth-order valence-electron chi connectivity index (χ4n) is 1.88. The summed E-state index contributed by atoms with van der Waals surface area (Å²) in [4.78, 5) is 0. The predicted octanol–water partition coefficient (Wildman–Crippen LogP) is 6.39. The second kappa shape index (κ2) is 9.57. The Morgan fingerprint density at radius 3 is 1.80 bits per heavy atom. The lowest BCUT2D eigenvalue weighted by molar-refractivity contribution is 0.904. The molecule has 0 spiro atoms. The standard InChI is InChI=1S/C18H28S2/c1-6-14(4)19-12-16-10-9-11-17(18(16)8-3)13-20-15(5)7-2/h8-11,14-15H,3,6-7,12-13H2,1-2,4-5H3. The summed E-state index contributed by atoms with van der Waals surface area (Å²) in [5.74, 6) is 2.19. The van der Waals surface area contributed by atoms with Crippen LogP contribution in [-0.2, 0) is 11.5 Å². The summed E-state index contributed by atoms with van der Waals surface area (Å²) in [6, 6.07) is 6.71. The molecule has 1 rings (SSSR count). The fourth-order valence-corrected chi connectivity index (χ4v) is 3.78. The smallest absolute Gasteiger partial charge is 0.0193 e. The molecule has 0 amide bonds. The Bertz CT molecular complexity index is 380. The monoisotopic (exact) mass is 308 g/mol. The van der Waals surface area contributed by atoms with E-state index in [4.69, 9.17) is 0 Å². The SMILES string of the molecule is C=Cc1c(CSC(C)CC)cccc1CSC(C)CC. The molecule has 0 N–H and O–H groups in total. The van der Waals surface area contributed by atoms with Gasteiger partial charge in [0.05, 0.1) is 0 Å². The van der Waals surface area contributed by atoms with Gasteiger partial charge in [-0.05, 0) is 29.5 Å². The summed E-state index contributed by atoms with van der Waals surface area (Å²) >= 11 is 4.08. The van der Waals surface area contributed by atoms with Crippen LogP contribution in [-0.4, -0.2) is 10.5 Å². The topological polar surface area (TPSA) is 0 Å². The summed E-state index contributed by atoms with van der Waals surface area (Å²) in [7, 11) is 0. The Morgan fingerprint density at radius 2 is 1.45 bits per heavy atom. The first-order valence-electron chi connectivity index (χ1n) is 7.58. The van der Waals surface area contributed by atoms with Gasteiger partial charge in [-0.3, -0.25) is 0 Å². The molecule has 2 heteroatoms. The molecule has 1 aromatic rings. The van der Waals surface area contributed by atoms with Crippen LogP contribution in [0.4, 0.5) is 0 Å². The Kier molecular flexibility index (Phi) is 8.47. The van der Waals surface area contributed by atoms with Crippen LogP contribution in [0.1, 0.15) is 57.2 Å². The zero-order valence-electron chi connectivity index (χ0n) is 13.3. The molecule has 1 aromatic carbocycles. The van der Waals surface area contributed by atoms with E-state index in [1.54, 1.807) is 0 Å². The van der Waals surface area contributed by atoms with Gasteiger partial charge in [0.15, 0.2) is 0 Å². The number of hydrogen-bond acceptors (Lipinski definition) is 2. The van der Waals surface area contributed by atoms with Crippen LogP contribution in [0.25, 0.3) is 6.08 Å². The van der Waals surface area contributed by atoms with Gasteiger partial charge in [-0.1, -0.05) is 58.5 Å². The minimum Gasteiger partial charge on any atom is -0.154 e. The number of hydrogen-bond donors (Lipinski definition) is 0. The third-order valence-corrected chi connectivity index (χ3v) is 6.45. The molecule has 112 valence electrons. The molecule has 0 saturated heterocycles. The van der Waals surface area contributed by atoms with Crippen molar-refractivity contribution < 1.29 is 0 Å². The first-order chi connectivity index (χ1) is 9.62. The van der Waals surface area contributed by atoms with Crippen molar-refractivity contribution in [1.82, 2.24) is 0 Å². The van der Waals surface area contributed by atoms with Crippen LogP contribution in [0.3, 0.4) is 0 Å². The van der Waals surface area contributed by atoms with Crippen LogP contribution in [0.5, 0.6) is 0 Å². The number of benzene rings is 1. The maximum absolute atomic E-state index is 4.03. The highest BCUT2D eigenvalue weighted by atomic mass is 32.2. The van der Waals surface area contributed by atoms with Gasteiger partial charge in [-0.25, -0.2) is 0 Å². The quantitative estimate of drug-likeness (QED) is 0.518. The average molecular weight is 309 g/mol. The molecule has 0 heterocycles. The highest BCUT2D eigenvalue weighted by Gasteiger charge is 2.09. The lowest BCUT2D eigenvalue weighted by Gasteiger charge is -2.15. The first-order valence-corrected chi connectivity index (χ1v) is 9.68. The van der Waals surface area contributed by atoms with E-state index >= 15 is 0 Å². The largest absolute Gasteiger partial charge is 0.154 e. The van der Waals surface area contributed by atoms with Crippen molar-refractivity contribution in [3.63, 3.8) is 0 Å². The van der Waals surface area contributed by atoms with E-state index < -0.39 is 0 Å². The number of rotatable bonds is 9. The van der Waals surface area contributed by atoms with Crippen LogP contribution in [0.2, 0.25) is 0 Å². The van der Waals surface area contributed by atoms with Crippen molar-refractivity contribution in [3.05, 3.63) is 41.5 Å². The van der Waals surface area contributed by atoms with Crippen LogP contribution < -0.4 is 0 Å². The van der Waals surface area contributed by atoms with Crippen LogP contribution in [0, 0.1) is 0 Å². The van der Waals surface area contributed by atoms with E-state index in [-0.39, 0.29) is 0 Å². The predicted molar refractivity (Wildman–Crippen MR) is 98.6 cm³/mol. The second-order valence-corrected chi connectivity index (χ2v) is 8.11. The molecular weight excluding hydrogens is 280 g/mol. The fraction of sp³-hybridized carbons (Fsp3) is 0.556. The van der Waals surface area contributed by atoms with Gasteiger partial charge in [0.1, 0.15) is 0 Å². The van der Waals surface area contributed by atoms with Crippen molar-refractivity contribution in [2.75, 3.05) is 0 Å². The molecule has 0 aliphatic carbocycles. The number of thioether (sulfide) groups is 2. The highest BCUT2D eigenvalue weighted by Crippen LogP contribution is 2.28. The molecular formula is C18H28S2. The Morgan fingerprint density at radius 1 is 1.00 bits per heavy atom. The normalized spacial score (nSPS) is 14.0. The molecule has 0 radical (unpaired) electrons. The van der Waals surface area contributed by atoms with Crippen molar-refractivity contribution in [2.45, 2.75) is 62.5 Å². The van der Waals surface area contributed by atoms with E-state index in [2.05, 4.69) is 52.5 Å². The van der Waals surface area contributed by atoms with Gasteiger partial charge in [-0.2, -0.15) is 23.5 Å². The molecule has 0 aromatic heterocycles. The third-order valence-electron chi connectivity index (χ3n) is 3.69. The molecule has 0 aliphatic heterocycles. The zero-order chi connectivity index (χ0) is 15.0. The maximum atomic E-state index is 4.03. The van der Waals surface area contributed by atoms with E-state index in [1.807, 2.05) is 29.6 Å². The second-order valence-electron chi connectivity index (χ2n) is 5.25. The molecule has 0 nitrogen and oxygen atoms in total. The summed E-state index contributed by atoms with van der Waals surface area (Å²) in [5, 5.41) is 1.46. The van der Waals surface area contributed by atoms with Gasteiger partial charge in [0.2, 0.25) is 0 Å². The lowest BCUT2D eigenvalue weighted by Crippen LogP contribution is -1.99. The van der Waals surface area contributed by atoms with E-state index in [0.29, 0.717) is 0 Å². The summed E-state index contributed by atoms with van der Waals surface area (Å²) in [6.45, 7) is 13.2. The zero-order valence-corrected chi connectivity index (χ0v) is 14.9. The summed E-state index contributed by atoms with van der Waals surface area (Å²) < 4.78 is 0. The Labute approximate surface area is 133 Å². The maximum Gasteiger partial charge on any atom is 0.0193 e. The van der Waals surface area contributed by atoms with Crippen molar-refractivity contribution in [1.29, 1.82) is 0 Å². The van der Waals surface area contributed by atoms with E-state index in [9.17, 15) is 0 Å². The molecule has 2 unspecified atom stereocenters. The van der Waals surface area contributed by atoms with Gasteiger partial charge in [-0.15, -0.1) is 0 Å². The van der Waals surface area contributed by atoms with Gasteiger partial charge >= 0.3 is 0 Å². The molecule has 0 fully saturated rings. The molecule has 0 bridgehead atoms. The van der Waals surface area contributed by atoms with Crippen LogP contribution in [0.15, 0.2) is 24.8 Å². The minimum absolute atomic E-state index is 0.728. The lowest BCUT2D eigenvalue weighted by atomic mass is 10.0. The van der Waals surface area contributed by atoms with Crippen LogP contribution >= 0.6 is 23.5 Å². The summed E-state index contributed by atoms with van der Waals surface area (Å²) in [5.41, 5.74) is 4.24. The van der Waals surface area contributed by atoms with E-state index in [0.717, 1.165) is 22.0 Å². The third kappa shape index (κ3) is 5.57. The molecule has 0 saturated carbocycles. The van der Waals surface area contributed by atoms with Gasteiger partial charge < -0.3 is 0 Å².